The van der Waals surface area contributed by atoms with Gasteiger partial charge in [0, 0.05) is 5.69 Å². The van der Waals surface area contributed by atoms with Gasteiger partial charge in [-0.1, -0.05) is 0 Å². The van der Waals surface area contributed by atoms with Crippen LogP contribution in [-0.4, -0.2) is 37.8 Å². The van der Waals surface area contributed by atoms with Gasteiger partial charge < -0.3 is 4.90 Å². The number of hydrogen-bond donors (Lipinski definition) is 0. The number of halogens is 4. The third-order valence-electron chi connectivity index (χ3n) is 3.43. The topological polar surface area (TPSA) is 54.5 Å². The molecule has 4 nitrogen and oxygen atoms in total. The summed E-state index contributed by atoms with van der Waals surface area (Å²) >= 11 is 5.53. The van der Waals surface area contributed by atoms with Crippen molar-refractivity contribution in [2.75, 3.05) is 22.3 Å². The highest BCUT2D eigenvalue weighted by molar-refractivity contribution is 7.91. The van der Waals surface area contributed by atoms with E-state index in [4.69, 9.17) is 11.6 Å². The summed E-state index contributed by atoms with van der Waals surface area (Å²) in [5, 5.41) is 0. The number of nitrogens with zero attached hydrogens (tertiary/aromatic N) is 1. The SMILES string of the molecule is O=C(CCl)N(c1ccc(C(F)(F)F)cc1)[C@@H]1CCS(=O)(=O)C1. The summed E-state index contributed by atoms with van der Waals surface area (Å²) in [6.07, 6.45) is -4.23. The fourth-order valence-electron chi connectivity index (χ4n) is 2.41. The number of benzene rings is 1. The van der Waals surface area contributed by atoms with E-state index in [0.29, 0.717) is 0 Å². The van der Waals surface area contributed by atoms with Crippen molar-refractivity contribution in [3.05, 3.63) is 29.8 Å². The zero-order chi connectivity index (χ0) is 16.5. The molecule has 122 valence electrons. The summed E-state index contributed by atoms with van der Waals surface area (Å²) in [5.41, 5.74) is -0.630. The Morgan fingerprint density at radius 3 is 2.27 bits per heavy atom. The van der Waals surface area contributed by atoms with Gasteiger partial charge in [0.1, 0.15) is 5.88 Å². The molecule has 0 unspecified atom stereocenters. The van der Waals surface area contributed by atoms with E-state index < -0.39 is 33.5 Å². The molecule has 0 spiro atoms. The van der Waals surface area contributed by atoms with Crippen LogP contribution >= 0.6 is 11.6 Å². The molecule has 1 amide bonds. The highest BCUT2D eigenvalue weighted by Gasteiger charge is 2.36. The van der Waals surface area contributed by atoms with Crippen molar-refractivity contribution < 1.29 is 26.4 Å². The number of anilines is 1. The van der Waals surface area contributed by atoms with Crippen LogP contribution in [0.25, 0.3) is 0 Å². The maximum Gasteiger partial charge on any atom is 0.416 e. The van der Waals surface area contributed by atoms with E-state index in [1.165, 1.54) is 4.90 Å². The van der Waals surface area contributed by atoms with Gasteiger partial charge in [0.25, 0.3) is 0 Å². The average molecular weight is 356 g/mol. The number of carbonyl (C=O) groups is 1. The van der Waals surface area contributed by atoms with Crippen molar-refractivity contribution in [1.29, 1.82) is 0 Å². The Bertz CT molecular complexity index is 658. The number of amides is 1. The highest BCUT2D eigenvalue weighted by atomic mass is 35.5. The van der Waals surface area contributed by atoms with Gasteiger partial charge in [-0.3, -0.25) is 4.79 Å². The molecule has 1 heterocycles. The van der Waals surface area contributed by atoms with E-state index in [1.54, 1.807) is 0 Å². The molecule has 1 saturated heterocycles. The minimum absolute atomic E-state index is 0.0512. The largest absolute Gasteiger partial charge is 0.416 e. The van der Waals surface area contributed by atoms with Crippen LogP contribution in [0.3, 0.4) is 0 Å². The summed E-state index contributed by atoms with van der Waals surface area (Å²) in [6, 6.07) is 3.41. The summed E-state index contributed by atoms with van der Waals surface area (Å²) in [7, 11) is -3.24. The molecule has 2 rings (SSSR count). The smallest absolute Gasteiger partial charge is 0.307 e. The van der Waals surface area contributed by atoms with Crippen molar-refractivity contribution in [3.63, 3.8) is 0 Å². The minimum atomic E-state index is -4.48. The summed E-state index contributed by atoms with van der Waals surface area (Å²) in [4.78, 5) is 13.1. The first-order valence-electron chi connectivity index (χ1n) is 6.40. The van der Waals surface area contributed by atoms with Crippen molar-refractivity contribution in [3.8, 4) is 0 Å². The Morgan fingerprint density at radius 2 is 1.86 bits per heavy atom. The van der Waals surface area contributed by atoms with Gasteiger partial charge in [-0.15, -0.1) is 11.6 Å². The molecule has 22 heavy (non-hydrogen) atoms. The van der Waals surface area contributed by atoms with E-state index >= 15 is 0 Å². The number of rotatable bonds is 3. The molecule has 1 aromatic carbocycles. The van der Waals surface area contributed by atoms with Crippen LogP contribution in [0, 0.1) is 0 Å². The third-order valence-corrected chi connectivity index (χ3v) is 5.41. The maximum atomic E-state index is 12.6. The molecule has 0 aromatic heterocycles. The second kappa shape index (κ2) is 6.08. The molecular formula is C13H13ClF3NO3S. The van der Waals surface area contributed by atoms with Crippen LogP contribution < -0.4 is 4.90 Å². The Morgan fingerprint density at radius 1 is 1.27 bits per heavy atom. The van der Waals surface area contributed by atoms with E-state index in [-0.39, 0.29) is 29.5 Å². The van der Waals surface area contributed by atoms with Crippen LogP contribution in [0.4, 0.5) is 18.9 Å². The average Bonchev–Trinajstić information content (AvgIpc) is 2.78. The van der Waals surface area contributed by atoms with Crippen molar-refractivity contribution in [2.45, 2.75) is 18.6 Å². The fourth-order valence-corrected chi connectivity index (χ4v) is 4.24. The lowest BCUT2D eigenvalue weighted by Crippen LogP contribution is -2.42. The molecule has 0 saturated carbocycles. The first-order chi connectivity index (χ1) is 10.1. The Balaban J connectivity index is 2.32. The second-order valence-corrected chi connectivity index (χ2v) is 7.49. The van der Waals surface area contributed by atoms with Gasteiger partial charge in [-0.2, -0.15) is 13.2 Å². The maximum absolute atomic E-state index is 12.6. The Hall–Kier alpha value is -1.28. The molecule has 1 aliphatic rings. The van der Waals surface area contributed by atoms with Crippen molar-refractivity contribution in [1.82, 2.24) is 0 Å². The lowest BCUT2D eigenvalue weighted by Gasteiger charge is -2.28. The van der Waals surface area contributed by atoms with E-state index in [1.807, 2.05) is 0 Å². The molecule has 1 aliphatic heterocycles. The fraction of sp³-hybridized carbons (Fsp3) is 0.462. The Labute approximate surface area is 130 Å². The van der Waals surface area contributed by atoms with E-state index in [2.05, 4.69) is 0 Å². The van der Waals surface area contributed by atoms with Gasteiger partial charge in [0.15, 0.2) is 9.84 Å². The predicted octanol–water partition coefficient (Wildman–Crippen LogP) is 2.46. The van der Waals surface area contributed by atoms with Crippen LogP contribution in [-0.2, 0) is 20.8 Å². The lowest BCUT2D eigenvalue weighted by atomic mass is 10.1. The number of sulfone groups is 1. The molecule has 1 atom stereocenters. The van der Waals surface area contributed by atoms with Crippen LogP contribution in [0.1, 0.15) is 12.0 Å². The summed E-state index contributed by atoms with van der Waals surface area (Å²) < 4.78 is 60.8. The first-order valence-corrected chi connectivity index (χ1v) is 8.75. The van der Waals surface area contributed by atoms with Crippen LogP contribution in [0.5, 0.6) is 0 Å². The van der Waals surface area contributed by atoms with Gasteiger partial charge in [-0.25, -0.2) is 8.42 Å². The monoisotopic (exact) mass is 355 g/mol. The van der Waals surface area contributed by atoms with Crippen molar-refractivity contribution >= 4 is 33.0 Å². The van der Waals surface area contributed by atoms with Crippen LogP contribution in [0.2, 0.25) is 0 Å². The number of alkyl halides is 4. The van der Waals surface area contributed by atoms with E-state index in [0.717, 1.165) is 24.3 Å². The minimum Gasteiger partial charge on any atom is -0.307 e. The second-order valence-electron chi connectivity index (χ2n) is 5.00. The van der Waals surface area contributed by atoms with Gasteiger partial charge in [0.2, 0.25) is 5.91 Å². The molecule has 0 radical (unpaired) electrons. The molecule has 1 aromatic rings. The van der Waals surface area contributed by atoms with Gasteiger partial charge >= 0.3 is 6.18 Å². The zero-order valence-corrected chi connectivity index (χ0v) is 12.9. The van der Waals surface area contributed by atoms with Gasteiger partial charge in [-0.05, 0) is 30.7 Å². The molecule has 1 fully saturated rings. The quantitative estimate of drug-likeness (QED) is 0.783. The normalized spacial score (nSPS) is 20.8. The van der Waals surface area contributed by atoms with Crippen molar-refractivity contribution in [2.24, 2.45) is 0 Å². The molecule has 0 N–H and O–H groups in total. The third kappa shape index (κ3) is 3.73. The molecular weight excluding hydrogens is 343 g/mol. The zero-order valence-electron chi connectivity index (χ0n) is 11.3. The van der Waals surface area contributed by atoms with Gasteiger partial charge in [0.05, 0.1) is 23.1 Å². The van der Waals surface area contributed by atoms with E-state index in [9.17, 15) is 26.4 Å². The summed E-state index contributed by atoms with van der Waals surface area (Å²) in [5.74, 6) is -1.18. The number of carbonyl (C=O) groups excluding carboxylic acids is 1. The number of hydrogen-bond acceptors (Lipinski definition) is 3. The molecule has 0 bridgehead atoms. The van der Waals surface area contributed by atoms with Crippen LogP contribution in [0.15, 0.2) is 24.3 Å². The molecule has 0 aliphatic carbocycles. The first kappa shape index (κ1) is 17.1. The Kier molecular flexibility index (Phi) is 4.72. The lowest BCUT2D eigenvalue weighted by molar-refractivity contribution is -0.137. The predicted molar refractivity (Wildman–Crippen MR) is 76.7 cm³/mol. The molecule has 9 heteroatoms. The highest BCUT2D eigenvalue weighted by Crippen LogP contribution is 2.32. The standard InChI is InChI=1S/C13H13ClF3NO3S/c14-7-12(19)18(11-5-6-22(20,21)8-11)10-3-1-9(2-4-10)13(15,16)17/h1-4,11H,5-8H2/t11-/m1/s1. The summed E-state index contributed by atoms with van der Waals surface area (Å²) in [6.45, 7) is 0.